The second-order valence-corrected chi connectivity index (χ2v) is 8.31. The first-order chi connectivity index (χ1) is 11.9. The number of carbonyl (C=O) groups is 1. The zero-order chi connectivity index (χ0) is 17.9. The fraction of sp³-hybridized carbons (Fsp3) is 0.316. The molecule has 132 valence electrons. The molecule has 3 rings (SSSR count). The van der Waals surface area contributed by atoms with E-state index in [-0.39, 0.29) is 5.91 Å². The highest BCUT2D eigenvalue weighted by Crippen LogP contribution is 2.33. The third-order valence-corrected chi connectivity index (χ3v) is 5.26. The van der Waals surface area contributed by atoms with Crippen LogP contribution in [-0.2, 0) is 26.9 Å². The molecule has 0 bridgehead atoms. The summed E-state index contributed by atoms with van der Waals surface area (Å²) in [7, 11) is -3.43. The molecule has 2 aromatic carbocycles. The number of nitrogens with zero attached hydrogens (tertiary/aromatic N) is 1. The lowest BCUT2D eigenvalue weighted by Gasteiger charge is -2.43. The Labute approximate surface area is 148 Å². The maximum absolute atomic E-state index is 12.4. The largest absolute Gasteiger partial charge is 0.336 e. The number of piperidine rings is 1. The highest BCUT2D eigenvalue weighted by Gasteiger charge is 2.42. The maximum Gasteiger partial charge on any atom is 0.223 e. The van der Waals surface area contributed by atoms with E-state index in [2.05, 4.69) is 4.72 Å². The van der Waals surface area contributed by atoms with Gasteiger partial charge in [-0.3, -0.25) is 4.79 Å². The van der Waals surface area contributed by atoms with E-state index in [0.29, 0.717) is 25.9 Å². The van der Waals surface area contributed by atoms with E-state index in [1.807, 2.05) is 60.7 Å². The van der Waals surface area contributed by atoms with Gasteiger partial charge in [-0.05, 0) is 17.5 Å². The van der Waals surface area contributed by atoms with Gasteiger partial charge in [-0.25, -0.2) is 13.1 Å². The number of nitrogens with one attached hydrogen (secondary N) is 1. The molecule has 1 aliphatic rings. The predicted octanol–water partition coefficient (Wildman–Crippen LogP) is 2.25. The molecule has 1 saturated heterocycles. The van der Waals surface area contributed by atoms with Crippen molar-refractivity contribution in [1.82, 2.24) is 9.62 Å². The lowest BCUT2D eigenvalue weighted by Crippen LogP contribution is -2.57. The molecule has 0 saturated carbocycles. The minimum absolute atomic E-state index is 0.0470. The summed E-state index contributed by atoms with van der Waals surface area (Å²) >= 11 is 0. The summed E-state index contributed by atoms with van der Waals surface area (Å²) < 4.78 is 26.8. The van der Waals surface area contributed by atoms with Crippen LogP contribution in [0.4, 0.5) is 0 Å². The predicted molar refractivity (Wildman–Crippen MR) is 97.2 cm³/mol. The number of hydrogen-bond donors (Lipinski definition) is 1. The van der Waals surface area contributed by atoms with Crippen molar-refractivity contribution in [3.8, 4) is 0 Å². The van der Waals surface area contributed by atoms with Gasteiger partial charge in [-0.2, -0.15) is 0 Å². The number of likely N-dealkylation sites (tertiary alicyclic amines) is 1. The molecule has 0 spiro atoms. The molecule has 1 atom stereocenters. The first-order valence-electron chi connectivity index (χ1n) is 8.24. The van der Waals surface area contributed by atoms with Gasteiger partial charge in [-0.15, -0.1) is 0 Å². The van der Waals surface area contributed by atoms with Gasteiger partial charge in [0, 0.05) is 19.5 Å². The van der Waals surface area contributed by atoms with Crippen LogP contribution in [0, 0.1) is 0 Å². The van der Waals surface area contributed by atoms with Gasteiger partial charge in [0.2, 0.25) is 15.9 Å². The summed E-state index contributed by atoms with van der Waals surface area (Å²) in [6.07, 6.45) is 1.92. The van der Waals surface area contributed by atoms with Crippen molar-refractivity contribution in [2.75, 3.05) is 12.8 Å². The molecule has 1 heterocycles. The van der Waals surface area contributed by atoms with Crippen molar-refractivity contribution in [2.24, 2.45) is 0 Å². The van der Waals surface area contributed by atoms with Crippen molar-refractivity contribution in [1.29, 1.82) is 0 Å². The Morgan fingerprint density at radius 3 is 2.24 bits per heavy atom. The number of hydrogen-bond acceptors (Lipinski definition) is 3. The zero-order valence-electron chi connectivity index (χ0n) is 14.2. The van der Waals surface area contributed by atoms with E-state index in [1.54, 1.807) is 4.90 Å². The summed E-state index contributed by atoms with van der Waals surface area (Å²) in [5.41, 5.74) is 1.11. The fourth-order valence-corrected chi connectivity index (χ4v) is 4.40. The molecular weight excluding hydrogens is 336 g/mol. The van der Waals surface area contributed by atoms with Crippen LogP contribution >= 0.6 is 0 Å². The Morgan fingerprint density at radius 1 is 1.04 bits per heavy atom. The van der Waals surface area contributed by atoms with Crippen LogP contribution in [0.1, 0.15) is 24.0 Å². The standard InChI is InChI=1S/C19H22N2O3S/c1-25(23,24)20-19(17-10-6-3-7-11-17)13-12-18(22)21(15-19)14-16-8-4-2-5-9-16/h2-11,20H,12-15H2,1H3. The summed E-state index contributed by atoms with van der Waals surface area (Å²) in [6.45, 7) is 0.789. The minimum Gasteiger partial charge on any atom is -0.336 e. The highest BCUT2D eigenvalue weighted by atomic mass is 32.2. The van der Waals surface area contributed by atoms with Gasteiger partial charge in [0.15, 0.2) is 0 Å². The monoisotopic (exact) mass is 358 g/mol. The van der Waals surface area contributed by atoms with Crippen molar-refractivity contribution < 1.29 is 13.2 Å². The summed E-state index contributed by atoms with van der Waals surface area (Å²) in [5, 5.41) is 0. The lowest BCUT2D eigenvalue weighted by molar-refractivity contribution is -0.136. The molecule has 5 nitrogen and oxygen atoms in total. The first-order valence-corrected chi connectivity index (χ1v) is 10.1. The number of rotatable bonds is 5. The molecule has 1 fully saturated rings. The SMILES string of the molecule is CS(=O)(=O)NC1(c2ccccc2)CCC(=O)N(Cc2ccccc2)C1. The molecule has 1 N–H and O–H groups in total. The number of sulfonamides is 1. The zero-order valence-corrected chi connectivity index (χ0v) is 15.0. The highest BCUT2D eigenvalue weighted by molar-refractivity contribution is 7.88. The van der Waals surface area contributed by atoms with Gasteiger partial charge in [-0.1, -0.05) is 60.7 Å². The van der Waals surface area contributed by atoms with Crippen LogP contribution in [0.15, 0.2) is 60.7 Å². The Bertz CT molecular complexity index is 837. The Kier molecular flexibility index (Phi) is 4.92. The molecule has 6 heteroatoms. The molecule has 0 radical (unpaired) electrons. The van der Waals surface area contributed by atoms with E-state index in [9.17, 15) is 13.2 Å². The number of amides is 1. The lowest BCUT2D eigenvalue weighted by atomic mass is 9.83. The van der Waals surface area contributed by atoms with E-state index in [4.69, 9.17) is 0 Å². The van der Waals surface area contributed by atoms with Crippen molar-refractivity contribution >= 4 is 15.9 Å². The van der Waals surface area contributed by atoms with Crippen molar-refractivity contribution in [3.63, 3.8) is 0 Å². The first kappa shape index (κ1) is 17.6. The third-order valence-electron chi connectivity index (χ3n) is 4.50. The summed E-state index contributed by atoms with van der Waals surface area (Å²) in [6, 6.07) is 19.2. The van der Waals surface area contributed by atoms with Gasteiger partial charge in [0.1, 0.15) is 0 Å². The fourth-order valence-electron chi connectivity index (χ4n) is 3.41. The average molecular weight is 358 g/mol. The normalized spacial score (nSPS) is 21.3. The second kappa shape index (κ2) is 6.98. The summed E-state index contributed by atoms with van der Waals surface area (Å²) in [5.74, 6) is 0.0470. The van der Waals surface area contributed by atoms with Gasteiger partial charge < -0.3 is 4.90 Å². The van der Waals surface area contributed by atoms with Crippen LogP contribution in [0.25, 0.3) is 0 Å². The average Bonchev–Trinajstić information content (AvgIpc) is 2.58. The van der Waals surface area contributed by atoms with E-state index in [1.165, 1.54) is 0 Å². The number of carbonyl (C=O) groups excluding carboxylic acids is 1. The summed E-state index contributed by atoms with van der Waals surface area (Å²) in [4.78, 5) is 14.2. The molecule has 25 heavy (non-hydrogen) atoms. The van der Waals surface area contributed by atoms with Crippen LogP contribution in [-0.4, -0.2) is 32.0 Å². The molecule has 1 unspecified atom stereocenters. The Morgan fingerprint density at radius 2 is 1.64 bits per heavy atom. The molecule has 0 aromatic heterocycles. The van der Waals surface area contributed by atoms with Gasteiger partial charge >= 0.3 is 0 Å². The molecule has 1 amide bonds. The third kappa shape index (κ3) is 4.27. The smallest absolute Gasteiger partial charge is 0.223 e. The second-order valence-electron chi connectivity index (χ2n) is 6.56. The van der Waals surface area contributed by atoms with E-state index >= 15 is 0 Å². The van der Waals surface area contributed by atoms with E-state index in [0.717, 1.165) is 17.4 Å². The van der Waals surface area contributed by atoms with Gasteiger partial charge in [0.05, 0.1) is 11.8 Å². The molecule has 1 aliphatic heterocycles. The molecular formula is C19H22N2O3S. The topological polar surface area (TPSA) is 66.5 Å². The van der Waals surface area contributed by atoms with Crippen molar-refractivity contribution in [2.45, 2.75) is 24.9 Å². The molecule has 0 aliphatic carbocycles. The quantitative estimate of drug-likeness (QED) is 0.891. The van der Waals surface area contributed by atoms with Crippen LogP contribution < -0.4 is 4.72 Å². The maximum atomic E-state index is 12.4. The van der Waals surface area contributed by atoms with Crippen molar-refractivity contribution in [3.05, 3.63) is 71.8 Å². The van der Waals surface area contributed by atoms with E-state index < -0.39 is 15.6 Å². The Hall–Kier alpha value is -2.18. The number of benzene rings is 2. The molecule has 2 aromatic rings. The minimum atomic E-state index is -3.43. The van der Waals surface area contributed by atoms with Crippen LogP contribution in [0.2, 0.25) is 0 Å². The van der Waals surface area contributed by atoms with Crippen LogP contribution in [0.5, 0.6) is 0 Å². The van der Waals surface area contributed by atoms with Gasteiger partial charge in [0.25, 0.3) is 0 Å². The van der Waals surface area contributed by atoms with Crippen LogP contribution in [0.3, 0.4) is 0 Å². The Balaban J connectivity index is 1.94.